The molecule has 1 atom stereocenters. The van der Waals surface area contributed by atoms with Crippen LogP contribution in [0.15, 0.2) is 64.0 Å². The van der Waals surface area contributed by atoms with Gasteiger partial charge in [-0.15, -0.1) is 11.3 Å². The predicted molar refractivity (Wildman–Crippen MR) is 96.3 cm³/mol. The zero-order valence-electron chi connectivity index (χ0n) is 12.3. The van der Waals surface area contributed by atoms with Crippen LogP contribution in [0.5, 0.6) is 0 Å². The van der Waals surface area contributed by atoms with Crippen LogP contribution in [0, 0.1) is 0 Å². The first kappa shape index (κ1) is 14.4. The van der Waals surface area contributed by atoms with Crippen molar-refractivity contribution in [3.05, 3.63) is 54.6 Å². The van der Waals surface area contributed by atoms with Gasteiger partial charge in [-0.1, -0.05) is 42.1 Å². The van der Waals surface area contributed by atoms with Gasteiger partial charge in [-0.05, 0) is 31.2 Å². The first-order valence-corrected chi connectivity index (χ1v) is 8.88. The average Bonchev–Trinajstić information content (AvgIpc) is 3.11. The molecule has 3 aromatic rings. The maximum atomic E-state index is 12.7. The molecule has 1 aromatic heterocycles. The van der Waals surface area contributed by atoms with E-state index in [4.69, 9.17) is 0 Å². The molecular formula is C17H13N3OS2. The number of aromatic nitrogens is 1. The lowest BCUT2D eigenvalue weighted by Crippen LogP contribution is -2.28. The molecule has 0 saturated carbocycles. The number of benzene rings is 2. The molecule has 6 heteroatoms. The summed E-state index contributed by atoms with van der Waals surface area (Å²) in [5, 5.41) is 5.60. The van der Waals surface area contributed by atoms with Gasteiger partial charge in [0.05, 0.1) is 21.6 Å². The Labute approximate surface area is 141 Å². The van der Waals surface area contributed by atoms with Gasteiger partial charge in [-0.3, -0.25) is 4.79 Å². The Morgan fingerprint density at radius 2 is 1.83 bits per heavy atom. The van der Waals surface area contributed by atoms with Gasteiger partial charge in [-0.25, -0.2) is 4.98 Å². The standard InChI is InChI=1S/C17H13N3OS2/c1-11-15(16(21)20(19-11)12-7-3-2-4-8-12)23-17-18-13-9-5-6-10-14(13)22-17/h2-10,15H,1H3. The summed E-state index contributed by atoms with van der Waals surface area (Å²) in [5.41, 5.74) is 2.58. The monoisotopic (exact) mass is 339 g/mol. The number of hydrogen-bond donors (Lipinski definition) is 0. The van der Waals surface area contributed by atoms with E-state index in [-0.39, 0.29) is 11.2 Å². The van der Waals surface area contributed by atoms with Crippen LogP contribution in [-0.2, 0) is 4.79 Å². The molecule has 4 nitrogen and oxygen atoms in total. The number of rotatable bonds is 3. The molecule has 1 amide bonds. The molecule has 2 aromatic carbocycles. The van der Waals surface area contributed by atoms with Crippen LogP contribution in [0.4, 0.5) is 5.69 Å². The lowest BCUT2D eigenvalue weighted by molar-refractivity contribution is -0.116. The number of hydrogen-bond acceptors (Lipinski definition) is 5. The molecule has 0 bridgehead atoms. The van der Waals surface area contributed by atoms with Gasteiger partial charge >= 0.3 is 0 Å². The Hall–Kier alpha value is -2.18. The SMILES string of the molecule is CC1=NN(c2ccccc2)C(=O)C1Sc1nc2ccccc2s1. The Bertz CT molecular complexity index is 871. The zero-order chi connectivity index (χ0) is 15.8. The topological polar surface area (TPSA) is 45.6 Å². The van der Waals surface area contributed by atoms with Crippen molar-refractivity contribution in [2.45, 2.75) is 16.5 Å². The predicted octanol–water partition coefficient (Wildman–Crippen LogP) is 4.18. The molecule has 2 heterocycles. The van der Waals surface area contributed by atoms with Crippen LogP contribution in [0.1, 0.15) is 6.92 Å². The number of thiazole rings is 1. The van der Waals surface area contributed by atoms with E-state index >= 15 is 0 Å². The van der Waals surface area contributed by atoms with Crippen LogP contribution >= 0.6 is 23.1 Å². The summed E-state index contributed by atoms with van der Waals surface area (Å²) in [6.45, 7) is 1.89. The van der Waals surface area contributed by atoms with Crippen LogP contribution in [-0.4, -0.2) is 21.9 Å². The van der Waals surface area contributed by atoms with E-state index in [0.29, 0.717) is 0 Å². The molecule has 114 valence electrons. The third kappa shape index (κ3) is 2.64. The number of fused-ring (bicyclic) bond motifs is 1. The fourth-order valence-corrected chi connectivity index (χ4v) is 4.66. The van der Waals surface area contributed by atoms with Crippen molar-refractivity contribution < 1.29 is 4.79 Å². The highest BCUT2D eigenvalue weighted by Gasteiger charge is 2.35. The number of anilines is 1. The fourth-order valence-electron chi connectivity index (χ4n) is 2.44. The summed E-state index contributed by atoms with van der Waals surface area (Å²) in [4.78, 5) is 17.3. The second kappa shape index (κ2) is 5.79. The number of carbonyl (C=O) groups excluding carboxylic acids is 1. The molecule has 0 N–H and O–H groups in total. The van der Waals surface area contributed by atoms with Crippen molar-refractivity contribution in [1.29, 1.82) is 0 Å². The van der Waals surface area contributed by atoms with E-state index in [1.54, 1.807) is 11.3 Å². The van der Waals surface area contributed by atoms with Crippen molar-refractivity contribution in [3.63, 3.8) is 0 Å². The minimum Gasteiger partial charge on any atom is -0.271 e. The van der Waals surface area contributed by atoms with Crippen LogP contribution in [0.3, 0.4) is 0 Å². The molecule has 0 saturated heterocycles. The van der Waals surface area contributed by atoms with Crippen LogP contribution in [0.2, 0.25) is 0 Å². The molecule has 4 rings (SSSR count). The number of hydrazone groups is 1. The Kier molecular flexibility index (Phi) is 3.63. The molecular weight excluding hydrogens is 326 g/mol. The summed E-state index contributed by atoms with van der Waals surface area (Å²) in [6, 6.07) is 17.5. The van der Waals surface area contributed by atoms with Gasteiger partial charge in [0.25, 0.3) is 5.91 Å². The van der Waals surface area contributed by atoms with Crippen molar-refractivity contribution in [2.24, 2.45) is 5.10 Å². The summed E-state index contributed by atoms with van der Waals surface area (Å²) < 4.78 is 2.03. The van der Waals surface area contributed by atoms with Crippen LogP contribution in [0.25, 0.3) is 10.2 Å². The lowest BCUT2D eigenvalue weighted by Gasteiger charge is -2.13. The maximum absolute atomic E-state index is 12.7. The number of amides is 1. The average molecular weight is 339 g/mol. The smallest absolute Gasteiger partial charge is 0.266 e. The molecule has 0 fully saturated rings. The largest absolute Gasteiger partial charge is 0.271 e. The molecule has 1 aliphatic heterocycles. The molecule has 23 heavy (non-hydrogen) atoms. The third-order valence-corrected chi connectivity index (χ3v) is 6.01. The van der Waals surface area contributed by atoms with Gasteiger partial charge in [0.1, 0.15) is 5.25 Å². The molecule has 1 aliphatic rings. The van der Waals surface area contributed by atoms with E-state index in [1.165, 1.54) is 16.8 Å². The van der Waals surface area contributed by atoms with E-state index in [9.17, 15) is 4.79 Å². The number of para-hydroxylation sites is 2. The summed E-state index contributed by atoms with van der Waals surface area (Å²) >= 11 is 3.09. The quantitative estimate of drug-likeness (QED) is 0.719. The normalized spacial score (nSPS) is 17.8. The third-order valence-electron chi connectivity index (χ3n) is 3.56. The number of thioether (sulfide) groups is 1. The van der Waals surface area contributed by atoms with Gasteiger partial charge in [-0.2, -0.15) is 10.1 Å². The molecule has 0 aliphatic carbocycles. The highest BCUT2D eigenvalue weighted by atomic mass is 32.2. The Balaban J connectivity index is 1.60. The highest BCUT2D eigenvalue weighted by molar-refractivity contribution is 8.03. The first-order valence-electron chi connectivity index (χ1n) is 7.19. The fraction of sp³-hybridized carbons (Fsp3) is 0.118. The van der Waals surface area contributed by atoms with Crippen molar-refractivity contribution in [2.75, 3.05) is 5.01 Å². The molecule has 0 spiro atoms. The molecule has 1 unspecified atom stereocenters. The first-order chi connectivity index (χ1) is 11.2. The Morgan fingerprint density at radius 3 is 2.61 bits per heavy atom. The van der Waals surface area contributed by atoms with Gasteiger partial charge < -0.3 is 0 Å². The minimum atomic E-state index is -0.309. The van der Waals surface area contributed by atoms with E-state index in [0.717, 1.165) is 26.0 Å². The van der Waals surface area contributed by atoms with Crippen molar-refractivity contribution in [3.8, 4) is 0 Å². The molecule has 0 radical (unpaired) electrons. The summed E-state index contributed by atoms with van der Waals surface area (Å²) in [7, 11) is 0. The van der Waals surface area contributed by atoms with Crippen LogP contribution < -0.4 is 5.01 Å². The second-order valence-electron chi connectivity index (χ2n) is 5.17. The lowest BCUT2D eigenvalue weighted by atomic mass is 10.3. The summed E-state index contributed by atoms with van der Waals surface area (Å²) in [5.74, 6) is -0.0158. The number of carbonyl (C=O) groups is 1. The van der Waals surface area contributed by atoms with Gasteiger partial charge in [0, 0.05) is 0 Å². The Morgan fingerprint density at radius 1 is 1.09 bits per heavy atom. The highest BCUT2D eigenvalue weighted by Crippen LogP contribution is 2.35. The number of nitrogens with zero attached hydrogens (tertiary/aromatic N) is 3. The van der Waals surface area contributed by atoms with Gasteiger partial charge in [0.15, 0.2) is 4.34 Å². The van der Waals surface area contributed by atoms with Crippen molar-refractivity contribution >= 4 is 50.6 Å². The maximum Gasteiger partial charge on any atom is 0.266 e. The minimum absolute atomic E-state index is 0.0158. The van der Waals surface area contributed by atoms with E-state index in [2.05, 4.69) is 10.1 Å². The second-order valence-corrected chi connectivity index (χ2v) is 7.56. The van der Waals surface area contributed by atoms with Crippen molar-refractivity contribution in [1.82, 2.24) is 4.98 Å². The van der Waals surface area contributed by atoms with Gasteiger partial charge in [0.2, 0.25) is 0 Å². The van der Waals surface area contributed by atoms with E-state index < -0.39 is 0 Å². The summed E-state index contributed by atoms with van der Waals surface area (Å²) in [6.07, 6.45) is 0. The van der Waals surface area contributed by atoms with E-state index in [1.807, 2.05) is 61.5 Å². The zero-order valence-corrected chi connectivity index (χ0v) is 14.0.